The number of carbonyl (C=O) groups excluding carboxylic acids is 1. The maximum Gasteiger partial charge on any atom is 0.256 e. The quantitative estimate of drug-likeness (QED) is 0.701. The normalized spacial score (nSPS) is 20.6. The first-order valence-electron chi connectivity index (χ1n) is 9.71. The molecule has 1 atom stereocenters. The number of nitrogens with zero attached hydrogens (tertiary/aromatic N) is 3. The highest BCUT2D eigenvalue weighted by Gasteiger charge is 2.39. The van der Waals surface area contributed by atoms with Gasteiger partial charge in [0.1, 0.15) is 19.1 Å². The summed E-state index contributed by atoms with van der Waals surface area (Å²) in [4.78, 5) is 16.3. The first kappa shape index (κ1) is 19.0. The van der Waals surface area contributed by atoms with Gasteiger partial charge in [0, 0.05) is 11.3 Å². The Morgan fingerprint density at radius 2 is 1.96 bits per heavy atom. The van der Waals surface area contributed by atoms with Crippen LogP contribution in [0.1, 0.15) is 23.0 Å². The van der Waals surface area contributed by atoms with Gasteiger partial charge in [-0.05, 0) is 38.2 Å². The van der Waals surface area contributed by atoms with Gasteiger partial charge in [-0.1, -0.05) is 18.2 Å². The molecule has 2 aliphatic rings. The molecule has 148 valence electrons. The van der Waals surface area contributed by atoms with E-state index in [1.807, 2.05) is 48.9 Å². The van der Waals surface area contributed by atoms with Gasteiger partial charge in [0.25, 0.3) is 5.91 Å². The number of hydrogen-bond acceptors (Lipinski definition) is 4. The first-order valence-corrected chi connectivity index (χ1v) is 10.1. The first-order chi connectivity index (χ1) is 13.6. The van der Waals surface area contributed by atoms with Gasteiger partial charge in [-0.3, -0.25) is 9.69 Å². The molecule has 7 nitrogen and oxygen atoms in total. The Morgan fingerprint density at radius 1 is 1.25 bits per heavy atom. The zero-order valence-electron chi connectivity index (χ0n) is 16.3. The second-order valence-corrected chi connectivity index (χ2v) is 7.70. The maximum atomic E-state index is 13.1. The van der Waals surface area contributed by atoms with Crippen LogP contribution in [0.5, 0.6) is 0 Å². The van der Waals surface area contributed by atoms with Gasteiger partial charge >= 0.3 is 0 Å². The molecular formula is C20H26N5O2S+. The van der Waals surface area contributed by atoms with Crippen LogP contribution in [-0.4, -0.2) is 65.1 Å². The predicted molar refractivity (Wildman–Crippen MR) is 110 cm³/mol. The lowest BCUT2D eigenvalue weighted by Gasteiger charge is -2.25. The summed E-state index contributed by atoms with van der Waals surface area (Å²) in [5.41, 5.74) is 3.70. The van der Waals surface area contributed by atoms with Crippen LogP contribution in [0, 0.1) is 13.8 Å². The maximum absolute atomic E-state index is 13.1. The van der Waals surface area contributed by atoms with Gasteiger partial charge in [-0.2, -0.15) is 5.10 Å². The zero-order valence-corrected chi connectivity index (χ0v) is 17.1. The third-order valence-electron chi connectivity index (χ3n) is 5.55. The summed E-state index contributed by atoms with van der Waals surface area (Å²) in [5.74, 6) is 0.0106. The SMILES string of the molecule is Cc1nn(-c2ccccc2)c(C)c1[C@H]1NC(=S)N(CC[NH+]2CCOCC2)C1=O. The third kappa shape index (κ3) is 3.55. The van der Waals surface area contributed by atoms with E-state index >= 15 is 0 Å². The molecule has 28 heavy (non-hydrogen) atoms. The predicted octanol–water partition coefficient (Wildman–Crippen LogP) is 0.162. The van der Waals surface area contributed by atoms with Crippen molar-refractivity contribution in [3.63, 3.8) is 0 Å². The molecule has 0 radical (unpaired) electrons. The Bertz CT molecular complexity index is 876. The van der Waals surface area contributed by atoms with Crippen LogP contribution < -0.4 is 10.2 Å². The van der Waals surface area contributed by atoms with Crippen LogP contribution in [0.25, 0.3) is 5.69 Å². The van der Waals surface area contributed by atoms with Crippen LogP contribution in [-0.2, 0) is 9.53 Å². The Balaban J connectivity index is 1.53. The number of thiocarbonyl (C=S) groups is 1. The molecule has 0 saturated carbocycles. The summed E-state index contributed by atoms with van der Waals surface area (Å²) >= 11 is 5.48. The summed E-state index contributed by atoms with van der Waals surface area (Å²) in [6, 6.07) is 9.49. The summed E-state index contributed by atoms with van der Waals surface area (Å²) in [6.45, 7) is 8.98. The molecule has 2 saturated heterocycles. The minimum atomic E-state index is -0.468. The van der Waals surface area contributed by atoms with E-state index in [0.717, 1.165) is 55.5 Å². The summed E-state index contributed by atoms with van der Waals surface area (Å²) in [5, 5.41) is 8.41. The minimum absolute atomic E-state index is 0.0106. The summed E-state index contributed by atoms with van der Waals surface area (Å²) < 4.78 is 7.30. The standard InChI is InChI=1S/C20H25N5O2S/c1-14-17(15(2)25(22-14)16-6-4-3-5-7-16)18-19(26)24(20(28)21-18)9-8-23-10-12-27-13-11-23/h3-7,18H,8-13H2,1-2H3,(H,21,28)/p+1/t18-/m1/s1. The number of carbonyl (C=O) groups is 1. The van der Waals surface area contributed by atoms with Gasteiger partial charge in [-0.15, -0.1) is 0 Å². The van der Waals surface area contributed by atoms with Crippen LogP contribution >= 0.6 is 12.2 Å². The van der Waals surface area contributed by atoms with Crippen molar-refractivity contribution in [2.24, 2.45) is 0 Å². The fraction of sp³-hybridized carbons (Fsp3) is 0.450. The number of rotatable bonds is 5. The van der Waals surface area contributed by atoms with Crippen molar-refractivity contribution in [2.75, 3.05) is 39.4 Å². The molecule has 2 N–H and O–H groups in total. The van der Waals surface area contributed by atoms with Crippen LogP contribution in [0.4, 0.5) is 0 Å². The number of ether oxygens (including phenoxy) is 1. The summed E-state index contributed by atoms with van der Waals surface area (Å²) in [7, 11) is 0. The number of quaternary nitrogens is 1. The second-order valence-electron chi connectivity index (χ2n) is 7.32. The lowest BCUT2D eigenvalue weighted by atomic mass is 10.0. The molecule has 0 spiro atoms. The van der Waals surface area contributed by atoms with Gasteiger partial charge in [0.2, 0.25) is 0 Å². The topological polar surface area (TPSA) is 63.8 Å². The highest BCUT2D eigenvalue weighted by molar-refractivity contribution is 7.80. The molecule has 1 amide bonds. The van der Waals surface area contributed by atoms with Crippen molar-refractivity contribution in [1.29, 1.82) is 0 Å². The number of aromatic nitrogens is 2. The number of amides is 1. The van der Waals surface area contributed by atoms with Gasteiger partial charge in [0.05, 0.1) is 37.7 Å². The smallest absolute Gasteiger partial charge is 0.256 e. The molecule has 2 fully saturated rings. The average molecular weight is 401 g/mol. The van der Waals surface area contributed by atoms with Gasteiger partial charge in [-0.25, -0.2) is 4.68 Å². The lowest BCUT2D eigenvalue weighted by molar-refractivity contribution is -0.907. The molecule has 1 aromatic heterocycles. The molecule has 4 rings (SSSR count). The Kier molecular flexibility index (Phi) is 5.43. The fourth-order valence-corrected chi connectivity index (χ4v) is 4.30. The highest BCUT2D eigenvalue weighted by Crippen LogP contribution is 2.28. The number of nitrogens with one attached hydrogen (secondary N) is 2. The van der Waals surface area contributed by atoms with Crippen molar-refractivity contribution in [3.05, 3.63) is 47.3 Å². The monoisotopic (exact) mass is 400 g/mol. The van der Waals surface area contributed by atoms with E-state index in [1.54, 1.807) is 4.90 Å². The van der Waals surface area contributed by atoms with Crippen molar-refractivity contribution >= 4 is 23.2 Å². The molecular weight excluding hydrogens is 374 g/mol. The van der Waals surface area contributed by atoms with Crippen molar-refractivity contribution in [3.8, 4) is 5.69 Å². The van der Waals surface area contributed by atoms with Gasteiger partial charge < -0.3 is 15.0 Å². The minimum Gasteiger partial charge on any atom is -0.370 e. The van der Waals surface area contributed by atoms with Gasteiger partial charge in [0.15, 0.2) is 5.11 Å². The van der Waals surface area contributed by atoms with Crippen LogP contribution in [0.2, 0.25) is 0 Å². The number of morpholine rings is 1. The number of para-hydroxylation sites is 1. The van der Waals surface area contributed by atoms with Crippen molar-refractivity contribution in [1.82, 2.24) is 20.0 Å². The molecule has 2 aliphatic heterocycles. The zero-order chi connectivity index (χ0) is 19.7. The molecule has 8 heteroatoms. The van der Waals surface area contributed by atoms with E-state index in [1.165, 1.54) is 4.90 Å². The van der Waals surface area contributed by atoms with E-state index < -0.39 is 6.04 Å². The molecule has 0 aliphatic carbocycles. The molecule has 0 unspecified atom stereocenters. The molecule has 0 bridgehead atoms. The number of aryl methyl sites for hydroxylation is 1. The third-order valence-corrected chi connectivity index (χ3v) is 5.89. The van der Waals surface area contributed by atoms with Crippen LogP contribution in [0.3, 0.4) is 0 Å². The molecule has 1 aromatic carbocycles. The Labute approximate surface area is 170 Å². The fourth-order valence-electron chi connectivity index (χ4n) is 4.00. The van der Waals surface area contributed by atoms with Crippen molar-refractivity contribution < 1.29 is 14.4 Å². The van der Waals surface area contributed by atoms with Crippen molar-refractivity contribution in [2.45, 2.75) is 19.9 Å². The van der Waals surface area contributed by atoms with E-state index in [2.05, 4.69) is 10.4 Å². The highest BCUT2D eigenvalue weighted by atomic mass is 32.1. The Hall–Kier alpha value is -2.29. The Morgan fingerprint density at radius 3 is 2.68 bits per heavy atom. The lowest BCUT2D eigenvalue weighted by Crippen LogP contribution is -3.14. The van der Waals surface area contributed by atoms with Crippen LogP contribution in [0.15, 0.2) is 30.3 Å². The second kappa shape index (κ2) is 7.98. The molecule has 2 aromatic rings. The average Bonchev–Trinajstić information content (AvgIpc) is 3.16. The van der Waals surface area contributed by atoms with E-state index in [0.29, 0.717) is 11.7 Å². The number of benzene rings is 1. The van der Waals surface area contributed by atoms with E-state index in [9.17, 15) is 4.79 Å². The van der Waals surface area contributed by atoms with E-state index in [-0.39, 0.29) is 5.91 Å². The van der Waals surface area contributed by atoms with E-state index in [4.69, 9.17) is 17.0 Å². The summed E-state index contributed by atoms with van der Waals surface area (Å²) in [6.07, 6.45) is 0. The largest absolute Gasteiger partial charge is 0.370 e. The molecule has 3 heterocycles. The number of hydrogen-bond donors (Lipinski definition) is 2.